The van der Waals surface area contributed by atoms with E-state index in [-0.39, 0.29) is 5.41 Å². The molecule has 0 aliphatic heterocycles. The van der Waals surface area contributed by atoms with Crippen molar-refractivity contribution in [3.63, 3.8) is 0 Å². The first-order valence-electron chi connectivity index (χ1n) is 7.40. The van der Waals surface area contributed by atoms with Gasteiger partial charge in [0, 0.05) is 27.8 Å². The van der Waals surface area contributed by atoms with Crippen LogP contribution in [0.4, 0.5) is 0 Å². The minimum atomic E-state index is 0.153. The molecule has 0 saturated heterocycles. The smallest absolute Gasteiger partial charge is 0.0386 e. The van der Waals surface area contributed by atoms with Crippen LogP contribution >= 0.6 is 11.3 Å². The molecule has 1 atom stereocenters. The standard InChI is InChI=1S/C18H25NS/c1-5-16-11-12-17(20-16)14(2)19-13-18(3,4)15-9-7-6-8-10-15/h6-12,14,19H,5,13H2,1-4H3. The molecule has 1 heterocycles. The van der Waals surface area contributed by atoms with Gasteiger partial charge >= 0.3 is 0 Å². The summed E-state index contributed by atoms with van der Waals surface area (Å²) in [5.41, 5.74) is 1.54. The molecule has 2 aromatic rings. The van der Waals surface area contributed by atoms with Crippen LogP contribution in [0.1, 0.15) is 49.1 Å². The molecular weight excluding hydrogens is 262 g/mol. The maximum Gasteiger partial charge on any atom is 0.0386 e. The fraction of sp³-hybridized carbons (Fsp3) is 0.444. The lowest BCUT2D eigenvalue weighted by Gasteiger charge is -2.27. The van der Waals surface area contributed by atoms with Gasteiger partial charge in [0.25, 0.3) is 0 Å². The van der Waals surface area contributed by atoms with E-state index >= 15 is 0 Å². The third-order valence-electron chi connectivity index (χ3n) is 3.86. The second-order valence-corrected chi connectivity index (χ2v) is 7.21. The summed E-state index contributed by atoms with van der Waals surface area (Å²) in [6, 6.07) is 15.7. The van der Waals surface area contributed by atoms with Crippen molar-refractivity contribution >= 4 is 11.3 Å². The minimum Gasteiger partial charge on any atom is -0.309 e. The molecule has 1 aromatic heterocycles. The first kappa shape index (κ1) is 15.3. The van der Waals surface area contributed by atoms with Crippen molar-refractivity contribution in [2.45, 2.75) is 45.6 Å². The number of aryl methyl sites for hydroxylation is 1. The molecule has 2 heteroatoms. The van der Waals surface area contributed by atoms with Crippen molar-refractivity contribution in [2.75, 3.05) is 6.54 Å². The Morgan fingerprint density at radius 2 is 1.80 bits per heavy atom. The van der Waals surface area contributed by atoms with E-state index in [0.717, 1.165) is 13.0 Å². The quantitative estimate of drug-likeness (QED) is 0.793. The van der Waals surface area contributed by atoms with Crippen LogP contribution in [0.5, 0.6) is 0 Å². The third-order valence-corrected chi connectivity index (χ3v) is 5.28. The molecule has 0 aliphatic carbocycles. The molecule has 0 aliphatic rings. The van der Waals surface area contributed by atoms with Crippen LogP contribution in [-0.4, -0.2) is 6.54 Å². The van der Waals surface area contributed by atoms with Gasteiger partial charge in [-0.25, -0.2) is 0 Å². The zero-order valence-electron chi connectivity index (χ0n) is 12.9. The van der Waals surface area contributed by atoms with Crippen LogP contribution in [0.3, 0.4) is 0 Å². The first-order chi connectivity index (χ1) is 9.53. The molecule has 0 bridgehead atoms. The molecule has 20 heavy (non-hydrogen) atoms. The van der Waals surface area contributed by atoms with E-state index in [9.17, 15) is 0 Å². The summed E-state index contributed by atoms with van der Waals surface area (Å²) >= 11 is 1.92. The molecule has 108 valence electrons. The van der Waals surface area contributed by atoms with E-state index in [1.165, 1.54) is 15.3 Å². The van der Waals surface area contributed by atoms with Crippen LogP contribution < -0.4 is 5.32 Å². The maximum atomic E-state index is 3.69. The first-order valence-corrected chi connectivity index (χ1v) is 8.22. The Morgan fingerprint density at radius 3 is 2.40 bits per heavy atom. The van der Waals surface area contributed by atoms with E-state index in [2.05, 4.69) is 75.5 Å². The van der Waals surface area contributed by atoms with Gasteiger partial charge in [-0.3, -0.25) is 0 Å². The van der Waals surface area contributed by atoms with Gasteiger partial charge in [0.05, 0.1) is 0 Å². The Hall–Kier alpha value is -1.12. The van der Waals surface area contributed by atoms with Crippen molar-refractivity contribution in [1.82, 2.24) is 5.32 Å². The van der Waals surface area contributed by atoms with Gasteiger partial charge in [-0.15, -0.1) is 11.3 Å². The predicted molar refractivity (Wildman–Crippen MR) is 89.6 cm³/mol. The highest BCUT2D eigenvalue weighted by molar-refractivity contribution is 7.12. The van der Waals surface area contributed by atoms with Crippen LogP contribution in [0, 0.1) is 0 Å². The highest BCUT2D eigenvalue weighted by Gasteiger charge is 2.21. The number of rotatable bonds is 6. The molecule has 1 unspecified atom stereocenters. The normalized spacial score (nSPS) is 13.4. The molecule has 0 amide bonds. The summed E-state index contributed by atoms with van der Waals surface area (Å²) in [7, 11) is 0. The van der Waals surface area contributed by atoms with Crippen molar-refractivity contribution < 1.29 is 0 Å². The van der Waals surface area contributed by atoms with Gasteiger partial charge < -0.3 is 5.32 Å². The average Bonchev–Trinajstić information content (AvgIpc) is 2.95. The largest absolute Gasteiger partial charge is 0.309 e. The minimum absolute atomic E-state index is 0.153. The summed E-state index contributed by atoms with van der Waals surface area (Å²) < 4.78 is 0. The van der Waals surface area contributed by atoms with Crippen LogP contribution in [0.15, 0.2) is 42.5 Å². The molecule has 2 rings (SSSR count). The lowest BCUT2D eigenvalue weighted by Crippen LogP contribution is -2.34. The highest BCUT2D eigenvalue weighted by Crippen LogP contribution is 2.26. The molecule has 0 fully saturated rings. The molecule has 1 aromatic carbocycles. The van der Waals surface area contributed by atoms with Gasteiger partial charge in [-0.2, -0.15) is 0 Å². The highest BCUT2D eigenvalue weighted by atomic mass is 32.1. The zero-order chi connectivity index (χ0) is 14.6. The van der Waals surface area contributed by atoms with Crippen LogP contribution in [0.25, 0.3) is 0 Å². The molecule has 0 spiro atoms. The number of hydrogen-bond acceptors (Lipinski definition) is 2. The summed E-state index contributed by atoms with van der Waals surface area (Å²) in [4.78, 5) is 2.90. The summed E-state index contributed by atoms with van der Waals surface area (Å²) in [5, 5.41) is 3.69. The van der Waals surface area contributed by atoms with Crippen LogP contribution in [0.2, 0.25) is 0 Å². The zero-order valence-corrected chi connectivity index (χ0v) is 13.8. The molecule has 0 radical (unpaired) electrons. The van der Waals surface area contributed by atoms with Crippen molar-refractivity contribution in [3.05, 3.63) is 57.8 Å². The summed E-state index contributed by atoms with van der Waals surface area (Å²) in [6.07, 6.45) is 1.13. The average molecular weight is 287 g/mol. The Balaban J connectivity index is 1.97. The predicted octanol–water partition coefficient (Wildman–Crippen LogP) is 4.94. The van der Waals surface area contributed by atoms with E-state index in [0.29, 0.717) is 6.04 Å². The second kappa shape index (κ2) is 6.55. The van der Waals surface area contributed by atoms with Gasteiger partial charge in [0.15, 0.2) is 0 Å². The van der Waals surface area contributed by atoms with E-state index in [4.69, 9.17) is 0 Å². The Bertz CT molecular complexity index is 527. The van der Waals surface area contributed by atoms with Crippen molar-refractivity contribution in [3.8, 4) is 0 Å². The Kier molecular flexibility index (Phi) is 5.00. The number of benzene rings is 1. The van der Waals surface area contributed by atoms with Gasteiger partial charge in [-0.1, -0.05) is 51.1 Å². The monoisotopic (exact) mass is 287 g/mol. The molecule has 1 nitrogen and oxygen atoms in total. The maximum absolute atomic E-state index is 3.69. The fourth-order valence-electron chi connectivity index (χ4n) is 2.32. The van der Waals surface area contributed by atoms with E-state index in [1.807, 2.05) is 11.3 Å². The molecule has 0 saturated carbocycles. The number of hydrogen-bond donors (Lipinski definition) is 1. The van der Waals surface area contributed by atoms with E-state index < -0.39 is 0 Å². The lowest BCUT2D eigenvalue weighted by molar-refractivity contribution is 0.438. The molecular formula is C18H25NS. The number of thiophene rings is 1. The van der Waals surface area contributed by atoms with Crippen LogP contribution in [-0.2, 0) is 11.8 Å². The molecule has 1 N–H and O–H groups in total. The second-order valence-electron chi connectivity index (χ2n) is 6.01. The lowest BCUT2D eigenvalue weighted by atomic mass is 9.84. The van der Waals surface area contributed by atoms with E-state index in [1.54, 1.807) is 0 Å². The topological polar surface area (TPSA) is 12.0 Å². The Labute approximate surface area is 127 Å². The Morgan fingerprint density at radius 1 is 1.10 bits per heavy atom. The van der Waals surface area contributed by atoms with Crippen molar-refractivity contribution in [2.24, 2.45) is 0 Å². The summed E-state index contributed by atoms with van der Waals surface area (Å²) in [5.74, 6) is 0. The third kappa shape index (κ3) is 3.71. The van der Waals surface area contributed by atoms with Gasteiger partial charge in [-0.05, 0) is 31.0 Å². The summed E-state index contributed by atoms with van der Waals surface area (Å²) in [6.45, 7) is 10.1. The SMILES string of the molecule is CCc1ccc(C(C)NCC(C)(C)c2ccccc2)s1. The van der Waals surface area contributed by atoms with Gasteiger partial charge in [0.1, 0.15) is 0 Å². The number of nitrogens with one attached hydrogen (secondary N) is 1. The fourth-order valence-corrected chi connectivity index (χ4v) is 3.30. The van der Waals surface area contributed by atoms with Gasteiger partial charge in [0.2, 0.25) is 0 Å². The van der Waals surface area contributed by atoms with Crippen molar-refractivity contribution in [1.29, 1.82) is 0 Å².